The molecule has 2 aromatic rings. The van der Waals surface area contributed by atoms with Gasteiger partial charge >= 0.3 is 0 Å². The molecule has 2 bridgehead atoms. The van der Waals surface area contributed by atoms with Gasteiger partial charge in [0.15, 0.2) is 5.82 Å². The third kappa shape index (κ3) is 3.55. The summed E-state index contributed by atoms with van der Waals surface area (Å²) in [6.07, 6.45) is 4.61. The minimum Gasteiger partial charge on any atom is -0.339 e. The number of benzene rings is 1. The minimum absolute atomic E-state index is 0. The molecular weight excluding hydrogens is 338 g/mol. The number of aryl methyl sites for hydroxylation is 1. The quantitative estimate of drug-likeness (QED) is 0.881. The van der Waals surface area contributed by atoms with Gasteiger partial charge in [-0.2, -0.15) is 5.10 Å². The SMILES string of the molecule is Cc1nc(-c2ccc(C(=O)N(C)C3CC4CCC(C3)N4)cc2)n[nH]1.Cl. The van der Waals surface area contributed by atoms with Crippen LogP contribution in [-0.2, 0) is 0 Å². The first-order valence-corrected chi connectivity index (χ1v) is 8.63. The van der Waals surface area contributed by atoms with Gasteiger partial charge < -0.3 is 10.2 Å². The molecule has 0 aliphatic carbocycles. The van der Waals surface area contributed by atoms with Gasteiger partial charge in [0.05, 0.1) is 0 Å². The molecule has 2 atom stereocenters. The molecule has 3 heterocycles. The molecule has 7 heteroatoms. The Morgan fingerprint density at radius 1 is 1.16 bits per heavy atom. The second kappa shape index (κ2) is 7.14. The fourth-order valence-electron chi connectivity index (χ4n) is 3.95. The van der Waals surface area contributed by atoms with Crippen LogP contribution in [0.15, 0.2) is 24.3 Å². The number of piperidine rings is 1. The van der Waals surface area contributed by atoms with Crippen molar-refractivity contribution in [2.75, 3.05) is 7.05 Å². The second-order valence-electron chi connectivity index (χ2n) is 7.00. The van der Waals surface area contributed by atoms with Crippen LogP contribution in [0.5, 0.6) is 0 Å². The van der Waals surface area contributed by atoms with Crippen molar-refractivity contribution in [1.29, 1.82) is 0 Å². The maximum Gasteiger partial charge on any atom is 0.253 e. The molecule has 0 spiro atoms. The van der Waals surface area contributed by atoms with E-state index in [1.54, 1.807) is 0 Å². The predicted octanol–water partition coefficient (Wildman–Crippen LogP) is 2.56. The van der Waals surface area contributed by atoms with Gasteiger partial charge in [0.1, 0.15) is 5.82 Å². The summed E-state index contributed by atoms with van der Waals surface area (Å²) in [4.78, 5) is 19.0. The number of hydrogen-bond acceptors (Lipinski definition) is 4. The Balaban J connectivity index is 0.00000182. The van der Waals surface area contributed by atoms with Crippen LogP contribution in [0.4, 0.5) is 0 Å². The van der Waals surface area contributed by atoms with E-state index in [2.05, 4.69) is 20.5 Å². The van der Waals surface area contributed by atoms with Crippen molar-refractivity contribution in [1.82, 2.24) is 25.4 Å². The molecule has 2 unspecified atom stereocenters. The molecule has 1 amide bonds. The average Bonchev–Trinajstić information content (AvgIpc) is 3.18. The van der Waals surface area contributed by atoms with E-state index >= 15 is 0 Å². The lowest BCUT2D eigenvalue weighted by Gasteiger charge is -2.35. The van der Waals surface area contributed by atoms with Gasteiger partial charge in [-0.05, 0) is 44.7 Å². The molecule has 2 fully saturated rings. The van der Waals surface area contributed by atoms with Crippen molar-refractivity contribution < 1.29 is 4.79 Å². The average molecular weight is 362 g/mol. The van der Waals surface area contributed by atoms with Crippen molar-refractivity contribution >= 4 is 18.3 Å². The van der Waals surface area contributed by atoms with Crippen molar-refractivity contribution in [3.63, 3.8) is 0 Å². The van der Waals surface area contributed by atoms with Gasteiger partial charge in [-0.15, -0.1) is 12.4 Å². The number of hydrogen-bond donors (Lipinski definition) is 2. The van der Waals surface area contributed by atoms with Crippen molar-refractivity contribution in [2.24, 2.45) is 0 Å². The number of aromatic nitrogens is 3. The lowest BCUT2D eigenvalue weighted by Crippen LogP contribution is -2.48. The fourth-order valence-corrected chi connectivity index (χ4v) is 3.95. The Kier molecular flexibility index (Phi) is 5.11. The Morgan fingerprint density at radius 3 is 2.36 bits per heavy atom. The van der Waals surface area contributed by atoms with Gasteiger partial charge in [-0.25, -0.2) is 4.98 Å². The highest BCUT2D eigenvalue weighted by atomic mass is 35.5. The predicted molar refractivity (Wildman–Crippen MR) is 98.9 cm³/mol. The molecule has 0 radical (unpaired) electrons. The summed E-state index contributed by atoms with van der Waals surface area (Å²) in [6, 6.07) is 9.07. The number of carbonyl (C=O) groups excluding carboxylic acids is 1. The summed E-state index contributed by atoms with van der Waals surface area (Å²) < 4.78 is 0. The highest BCUT2D eigenvalue weighted by Gasteiger charge is 2.36. The first-order chi connectivity index (χ1) is 11.6. The van der Waals surface area contributed by atoms with E-state index in [1.807, 2.05) is 43.1 Å². The van der Waals surface area contributed by atoms with Crippen LogP contribution >= 0.6 is 12.4 Å². The normalized spacial score (nSPS) is 24.6. The van der Waals surface area contributed by atoms with E-state index in [0.29, 0.717) is 23.9 Å². The van der Waals surface area contributed by atoms with Crippen LogP contribution in [0.25, 0.3) is 11.4 Å². The molecule has 1 aromatic heterocycles. The van der Waals surface area contributed by atoms with Crippen LogP contribution in [-0.4, -0.2) is 51.2 Å². The highest BCUT2D eigenvalue weighted by molar-refractivity contribution is 5.94. The molecular formula is C18H24ClN5O. The van der Waals surface area contributed by atoms with Crippen LogP contribution in [0.1, 0.15) is 41.9 Å². The molecule has 2 aliphatic rings. The Hall–Kier alpha value is -1.92. The first kappa shape index (κ1) is 17.9. The maximum absolute atomic E-state index is 12.8. The number of carbonyl (C=O) groups is 1. The number of amides is 1. The first-order valence-electron chi connectivity index (χ1n) is 8.63. The molecule has 2 aliphatic heterocycles. The van der Waals surface area contributed by atoms with Gasteiger partial charge in [0.2, 0.25) is 0 Å². The number of aromatic amines is 1. The number of nitrogens with zero attached hydrogens (tertiary/aromatic N) is 3. The molecule has 25 heavy (non-hydrogen) atoms. The van der Waals surface area contributed by atoms with Gasteiger partial charge in [-0.1, -0.05) is 12.1 Å². The smallest absolute Gasteiger partial charge is 0.253 e. The Morgan fingerprint density at radius 2 is 1.80 bits per heavy atom. The van der Waals surface area contributed by atoms with Crippen LogP contribution in [0.3, 0.4) is 0 Å². The van der Waals surface area contributed by atoms with Gasteiger partial charge in [0.25, 0.3) is 5.91 Å². The minimum atomic E-state index is 0. The molecule has 4 rings (SSSR count). The molecule has 6 nitrogen and oxygen atoms in total. The molecule has 134 valence electrons. The molecule has 2 saturated heterocycles. The summed E-state index contributed by atoms with van der Waals surface area (Å²) in [5.74, 6) is 1.54. The largest absolute Gasteiger partial charge is 0.339 e. The molecule has 0 saturated carbocycles. The van der Waals surface area contributed by atoms with Gasteiger partial charge in [-0.3, -0.25) is 9.89 Å². The van der Waals surface area contributed by atoms with E-state index in [1.165, 1.54) is 12.8 Å². The number of halogens is 1. The van der Waals surface area contributed by atoms with Crippen molar-refractivity contribution in [3.05, 3.63) is 35.7 Å². The summed E-state index contributed by atoms with van der Waals surface area (Å²) in [7, 11) is 1.93. The number of fused-ring (bicyclic) bond motifs is 2. The van der Waals surface area contributed by atoms with E-state index in [0.717, 1.165) is 29.8 Å². The zero-order valence-corrected chi connectivity index (χ0v) is 15.3. The van der Waals surface area contributed by atoms with E-state index in [9.17, 15) is 4.79 Å². The highest BCUT2D eigenvalue weighted by Crippen LogP contribution is 2.30. The Bertz CT molecular complexity index is 732. The lowest BCUT2D eigenvalue weighted by atomic mass is 9.98. The monoisotopic (exact) mass is 361 g/mol. The topological polar surface area (TPSA) is 73.9 Å². The summed E-state index contributed by atoms with van der Waals surface area (Å²) in [6.45, 7) is 1.87. The Labute approximate surface area is 153 Å². The number of nitrogens with one attached hydrogen (secondary N) is 2. The zero-order chi connectivity index (χ0) is 16.7. The summed E-state index contributed by atoms with van der Waals surface area (Å²) >= 11 is 0. The van der Waals surface area contributed by atoms with Crippen LogP contribution in [0, 0.1) is 6.92 Å². The third-order valence-corrected chi connectivity index (χ3v) is 5.30. The van der Waals surface area contributed by atoms with E-state index in [-0.39, 0.29) is 18.3 Å². The number of rotatable bonds is 3. The summed E-state index contributed by atoms with van der Waals surface area (Å²) in [5.41, 5.74) is 1.64. The third-order valence-electron chi connectivity index (χ3n) is 5.30. The standard InChI is InChI=1S/C18H23N5O.ClH/c1-11-19-17(22-21-11)12-3-5-13(6-4-12)18(24)23(2)16-9-14-7-8-15(10-16)20-14;/h3-6,14-16,20H,7-10H2,1-2H3,(H,19,21,22);1H. The van der Waals surface area contributed by atoms with Crippen molar-refractivity contribution in [2.45, 2.75) is 50.7 Å². The summed E-state index contributed by atoms with van der Waals surface area (Å²) in [5, 5.41) is 10.6. The van der Waals surface area contributed by atoms with E-state index < -0.39 is 0 Å². The second-order valence-corrected chi connectivity index (χ2v) is 7.00. The molecule has 2 N–H and O–H groups in total. The van der Waals surface area contributed by atoms with Crippen molar-refractivity contribution in [3.8, 4) is 11.4 Å². The zero-order valence-electron chi connectivity index (χ0n) is 14.5. The molecule has 1 aromatic carbocycles. The van der Waals surface area contributed by atoms with E-state index in [4.69, 9.17) is 0 Å². The van der Waals surface area contributed by atoms with Crippen LogP contribution < -0.4 is 5.32 Å². The fraction of sp³-hybridized carbons (Fsp3) is 0.500. The van der Waals surface area contributed by atoms with Gasteiger partial charge in [0, 0.05) is 36.3 Å². The van der Waals surface area contributed by atoms with Crippen LogP contribution in [0.2, 0.25) is 0 Å². The lowest BCUT2D eigenvalue weighted by molar-refractivity contribution is 0.0681. The maximum atomic E-state index is 12.8. The number of H-pyrrole nitrogens is 1.